The fraction of sp³-hybridized carbons (Fsp3) is 0.357. The molecule has 1 atom stereocenters. The van der Waals surface area contributed by atoms with Gasteiger partial charge in [0.05, 0.1) is 11.4 Å². The number of likely N-dealkylation sites (tertiary alicyclic amines) is 1. The maximum absolute atomic E-state index is 12.7. The van der Waals surface area contributed by atoms with E-state index in [4.69, 9.17) is 15.5 Å². The average molecular weight is 475 g/mol. The van der Waals surface area contributed by atoms with E-state index in [1.54, 1.807) is 17.0 Å². The fourth-order valence-corrected chi connectivity index (χ4v) is 4.38. The number of nitrogens with zero attached hydrogens (tertiary/aromatic N) is 2. The van der Waals surface area contributed by atoms with Crippen molar-refractivity contribution in [2.24, 2.45) is 0 Å². The Morgan fingerprint density at radius 2 is 1.89 bits per heavy atom. The van der Waals surface area contributed by atoms with Gasteiger partial charge < -0.3 is 25.8 Å². The molecule has 35 heavy (non-hydrogen) atoms. The Labute approximate surface area is 206 Å². The molecule has 7 nitrogen and oxygen atoms in total. The molecule has 7 heteroatoms. The number of amides is 1. The highest BCUT2D eigenvalue weighted by Crippen LogP contribution is 2.38. The zero-order chi connectivity index (χ0) is 25.0. The number of nitrogen functional groups attached to an aromatic ring is 1. The number of nitrogens with one attached hydrogen (secondary N) is 1. The molecule has 1 saturated heterocycles. The topological polar surface area (TPSA) is 101 Å². The molecule has 1 unspecified atom stereocenters. The number of pyridine rings is 1. The molecule has 4 N–H and O–H groups in total. The van der Waals surface area contributed by atoms with E-state index >= 15 is 0 Å². The van der Waals surface area contributed by atoms with Gasteiger partial charge in [-0.25, -0.2) is 9.78 Å². The first-order valence-electron chi connectivity index (χ1n) is 12.1. The van der Waals surface area contributed by atoms with Crippen LogP contribution >= 0.6 is 0 Å². The molecule has 1 aliphatic heterocycles. The Kier molecular flexibility index (Phi) is 7.15. The van der Waals surface area contributed by atoms with Crippen LogP contribution in [0.2, 0.25) is 0 Å². The van der Waals surface area contributed by atoms with Crippen molar-refractivity contribution >= 4 is 17.6 Å². The van der Waals surface area contributed by atoms with Crippen LogP contribution in [-0.4, -0.2) is 39.8 Å². The molecule has 0 aliphatic carbocycles. The Morgan fingerprint density at radius 3 is 2.60 bits per heavy atom. The quantitative estimate of drug-likeness (QED) is 0.434. The number of phenols is 1. The number of rotatable bonds is 5. The van der Waals surface area contributed by atoms with Crippen molar-refractivity contribution in [3.63, 3.8) is 0 Å². The Bertz CT molecular complexity index is 1170. The van der Waals surface area contributed by atoms with E-state index in [0.29, 0.717) is 42.4 Å². The van der Waals surface area contributed by atoms with Crippen LogP contribution in [0.15, 0.2) is 60.7 Å². The van der Waals surface area contributed by atoms with Gasteiger partial charge in [-0.3, -0.25) is 0 Å². The molecule has 0 bridgehead atoms. The molecular formula is C28H34N4O3. The lowest BCUT2D eigenvalue weighted by Gasteiger charge is -2.35. The highest BCUT2D eigenvalue weighted by atomic mass is 16.6. The molecule has 1 aliphatic rings. The Hall–Kier alpha value is -3.74. The van der Waals surface area contributed by atoms with Crippen molar-refractivity contribution in [3.8, 4) is 17.0 Å². The maximum atomic E-state index is 12.7. The molecular weight excluding hydrogens is 440 g/mol. The molecule has 1 amide bonds. The van der Waals surface area contributed by atoms with Gasteiger partial charge >= 0.3 is 6.09 Å². The number of aromatic nitrogens is 1. The number of para-hydroxylation sites is 1. The predicted octanol–water partition coefficient (Wildman–Crippen LogP) is 5.76. The van der Waals surface area contributed by atoms with Crippen LogP contribution in [0.25, 0.3) is 11.3 Å². The first-order valence-corrected chi connectivity index (χ1v) is 12.1. The van der Waals surface area contributed by atoms with Crippen molar-refractivity contribution in [1.82, 2.24) is 9.88 Å². The van der Waals surface area contributed by atoms with E-state index in [0.717, 1.165) is 24.0 Å². The van der Waals surface area contributed by atoms with Gasteiger partial charge in [-0.2, -0.15) is 0 Å². The fourth-order valence-electron chi connectivity index (χ4n) is 4.38. The van der Waals surface area contributed by atoms with Gasteiger partial charge in [0, 0.05) is 31.1 Å². The zero-order valence-corrected chi connectivity index (χ0v) is 20.6. The molecule has 1 aromatic heterocycles. The van der Waals surface area contributed by atoms with Gasteiger partial charge in [0.25, 0.3) is 0 Å². The zero-order valence-electron chi connectivity index (χ0n) is 20.6. The van der Waals surface area contributed by atoms with Crippen LogP contribution in [0.4, 0.5) is 16.3 Å². The summed E-state index contributed by atoms with van der Waals surface area (Å²) in [5, 5.41) is 13.9. The minimum atomic E-state index is -0.549. The highest BCUT2D eigenvalue weighted by Gasteiger charge is 2.30. The third-order valence-corrected chi connectivity index (χ3v) is 6.09. The number of ether oxygens (including phenoxy) is 1. The number of anilines is 2. The summed E-state index contributed by atoms with van der Waals surface area (Å²) in [6, 6.07) is 19.1. The van der Waals surface area contributed by atoms with E-state index in [-0.39, 0.29) is 17.8 Å². The molecule has 3 aromatic rings. The summed E-state index contributed by atoms with van der Waals surface area (Å²) in [6.07, 6.45) is 1.44. The SMILES string of the molecule is CC(C)(C)OC(=O)N1CCCC(c2cc(-c3ccccc3O)nc(NCc3ccccc3)c2N)C1. The summed E-state index contributed by atoms with van der Waals surface area (Å²) in [7, 11) is 0. The van der Waals surface area contributed by atoms with Crippen molar-refractivity contribution in [2.75, 3.05) is 24.1 Å². The number of piperidine rings is 1. The van der Waals surface area contributed by atoms with E-state index in [9.17, 15) is 9.90 Å². The van der Waals surface area contributed by atoms with Crippen LogP contribution in [-0.2, 0) is 11.3 Å². The lowest BCUT2D eigenvalue weighted by molar-refractivity contribution is 0.0198. The number of carbonyl (C=O) groups excluding carboxylic acids is 1. The summed E-state index contributed by atoms with van der Waals surface area (Å²) in [5.41, 5.74) is 9.98. The highest BCUT2D eigenvalue weighted by molar-refractivity contribution is 5.76. The normalized spacial score (nSPS) is 16.1. The lowest BCUT2D eigenvalue weighted by Crippen LogP contribution is -2.42. The summed E-state index contributed by atoms with van der Waals surface area (Å²) >= 11 is 0. The summed E-state index contributed by atoms with van der Waals surface area (Å²) in [5.74, 6) is 0.754. The largest absolute Gasteiger partial charge is 0.507 e. The summed E-state index contributed by atoms with van der Waals surface area (Å²) < 4.78 is 5.61. The molecule has 1 fully saturated rings. The van der Waals surface area contributed by atoms with Crippen molar-refractivity contribution in [1.29, 1.82) is 0 Å². The average Bonchev–Trinajstić information content (AvgIpc) is 2.83. The number of hydrogen-bond acceptors (Lipinski definition) is 6. The summed E-state index contributed by atoms with van der Waals surface area (Å²) in [6.45, 7) is 7.35. The van der Waals surface area contributed by atoms with Crippen LogP contribution in [0.3, 0.4) is 0 Å². The van der Waals surface area contributed by atoms with E-state index in [1.165, 1.54) is 0 Å². The van der Waals surface area contributed by atoms with Crippen LogP contribution < -0.4 is 11.1 Å². The number of hydrogen-bond donors (Lipinski definition) is 3. The van der Waals surface area contributed by atoms with Gasteiger partial charge in [-0.1, -0.05) is 42.5 Å². The molecule has 0 radical (unpaired) electrons. The smallest absolute Gasteiger partial charge is 0.410 e. The molecule has 2 heterocycles. The standard InChI is InChI=1S/C28H34N4O3/c1-28(2,3)35-27(34)32-15-9-12-20(18-32)22-16-23(21-13-7-8-14-24(21)33)31-26(25(22)29)30-17-19-10-5-4-6-11-19/h4-8,10-11,13-14,16,20,33H,9,12,15,17-18,29H2,1-3H3,(H,30,31). The van der Waals surface area contributed by atoms with Gasteiger partial charge in [-0.15, -0.1) is 0 Å². The van der Waals surface area contributed by atoms with Gasteiger partial charge in [0.1, 0.15) is 17.2 Å². The number of benzene rings is 2. The van der Waals surface area contributed by atoms with Crippen molar-refractivity contribution in [2.45, 2.75) is 51.7 Å². The first-order chi connectivity index (χ1) is 16.7. The van der Waals surface area contributed by atoms with Gasteiger partial charge in [0.15, 0.2) is 0 Å². The maximum Gasteiger partial charge on any atom is 0.410 e. The number of carbonyl (C=O) groups is 1. The first kappa shape index (κ1) is 24.4. The predicted molar refractivity (Wildman–Crippen MR) is 139 cm³/mol. The Balaban J connectivity index is 1.67. The lowest BCUT2D eigenvalue weighted by atomic mass is 9.89. The van der Waals surface area contributed by atoms with Crippen molar-refractivity contribution < 1.29 is 14.6 Å². The monoisotopic (exact) mass is 474 g/mol. The van der Waals surface area contributed by atoms with Crippen LogP contribution in [0.1, 0.15) is 50.7 Å². The van der Waals surface area contributed by atoms with Gasteiger partial charge in [-0.05, 0) is 62.9 Å². The number of phenolic OH excluding ortho intramolecular Hbond substituents is 1. The molecule has 0 spiro atoms. The van der Waals surface area contributed by atoms with Crippen molar-refractivity contribution in [3.05, 3.63) is 71.8 Å². The van der Waals surface area contributed by atoms with Gasteiger partial charge in [0.2, 0.25) is 0 Å². The number of nitrogens with two attached hydrogens (primary N) is 1. The third-order valence-electron chi connectivity index (χ3n) is 6.09. The molecule has 0 saturated carbocycles. The Morgan fingerprint density at radius 1 is 1.17 bits per heavy atom. The second-order valence-corrected chi connectivity index (χ2v) is 9.98. The molecule has 4 rings (SSSR count). The molecule has 2 aromatic carbocycles. The molecule has 184 valence electrons. The van der Waals surface area contributed by atoms with E-state index in [2.05, 4.69) is 5.32 Å². The van der Waals surface area contributed by atoms with E-state index in [1.807, 2.05) is 69.3 Å². The van der Waals surface area contributed by atoms with Crippen LogP contribution in [0.5, 0.6) is 5.75 Å². The minimum Gasteiger partial charge on any atom is -0.507 e. The second-order valence-electron chi connectivity index (χ2n) is 9.98. The summed E-state index contributed by atoms with van der Waals surface area (Å²) in [4.78, 5) is 19.3. The third kappa shape index (κ3) is 6.04. The van der Waals surface area contributed by atoms with E-state index < -0.39 is 5.60 Å². The number of aromatic hydroxyl groups is 1. The van der Waals surface area contributed by atoms with Crippen LogP contribution in [0, 0.1) is 0 Å². The second kappa shape index (κ2) is 10.3. The minimum absolute atomic E-state index is 0.0288.